The maximum atomic E-state index is 10.6. The van der Waals surface area contributed by atoms with E-state index in [0.29, 0.717) is 4.90 Å². The lowest BCUT2D eigenvalue weighted by molar-refractivity contribution is -0.136. The first-order valence-electron chi connectivity index (χ1n) is 5.22. The van der Waals surface area contributed by atoms with E-state index in [1.807, 2.05) is 12.1 Å². The molecule has 7 heteroatoms. The maximum absolute atomic E-state index is 10.6. The number of aromatic nitrogens is 2. The minimum Gasteiger partial charge on any atom is -0.481 e. The van der Waals surface area contributed by atoms with Gasteiger partial charge in [0.2, 0.25) is 0 Å². The summed E-state index contributed by atoms with van der Waals surface area (Å²) in [6.45, 7) is 0. The number of carbonyl (C=O) groups is 1. The highest BCUT2D eigenvalue weighted by molar-refractivity contribution is 7.99. The molecule has 0 aliphatic rings. The predicted molar refractivity (Wildman–Crippen MR) is 74.0 cm³/mol. The number of carboxylic acids is 1. The van der Waals surface area contributed by atoms with Crippen molar-refractivity contribution in [1.82, 2.24) is 10.2 Å². The van der Waals surface area contributed by atoms with Crippen molar-refractivity contribution in [2.75, 3.05) is 0 Å². The largest absolute Gasteiger partial charge is 0.481 e. The Hall–Kier alpha value is -1.30. The van der Waals surface area contributed by atoms with Crippen LogP contribution in [0.3, 0.4) is 0 Å². The molecule has 0 saturated carbocycles. The van der Waals surface area contributed by atoms with Crippen LogP contribution < -0.4 is 0 Å². The molecule has 0 spiro atoms. The van der Waals surface area contributed by atoms with Crippen LogP contribution in [0.4, 0.5) is 0 Å². The molecule has 4 nitrogen and oxygen atoms in total. The molecule has 1 N–H and O–H groups in total. The van der Waals surface area contributed by atoms with Crippen LogP contribution in [0.1, 0.15) is 5.56 Å². The highest BCUT2D eigenvalue weighted by Gasteiger charge is 2.07. The molecule has 1 aromatic carbocycles. The Morgan fingerprint density at radius 3 is 2.53 bits per heavy atom. The van der Waals surface area contributed by atoms with Gasteiger partial charge < -0.3 is 5.11 Å². The lowest BCUT2D eigenvalue weighted by Gasteiger charge is -2.04. The van der Waals surface area contributed by atoms with Crippen LogP contribution in [0.15, 0.2) is 40.1 Å². The minimum atomic E-state index is -0.853. The van der Waals surface area contributed by atoms with E-state index >= 15 is 0 Å². The number of aliphatic carboxylic acids is 1. The average Bonchev–Trinajstić information content (AvgIpc) is 2.35. The van der Waals surface area contributed by atoms with Gasteiger partial charge in [0.05, 0.1) is 11.3 Å². The Labute approximate surface area is 123 Å². The first-order valence-corrected chi connectivity index (χ1v) is 6.79. The van der Waals surface area contributed by atoms with E-state index in [1.54, 1.807) is 18.2 Å². The van der Waals surface area contributed by atoms with Gasteiger partial charge in [0, 0.05) is 4.90 Å². The molecule has 1 aromatic heterocycles. The smallest absolute Gasteiger partial charge is 0.307 e. The minimum absolute atomic E-state index is 0.00828. The summed E-state index contributed by atoms with van der Waals surface area (Å²) in [6.07, 6.45) is 0.00828. The molecule has 0 unspecified atom stereocenters. The standard InChI is InChI=1S/C12H8Cl2N2O2S/c13-10-6-9(12(14)16-15-10)19-8-3-1-7(2-4-8)5-11(17)18/h1-4,6H,5H2,(H,17,18). The van der Waals surface area contributed by atoms with Crippen molar-refractivity contribution in [2.45, 2.75) is 16.2 Å². The van der Waals surface area contributed by atoms with Crippen molar-refractivity contribution in [3.63, 3.8) is 0 Å². The van der Waals surface area contributed by atoms with Gasteiger partial charge in [0.25, 0.3) is 0 Å². The quantitative estimate of drug-likeness (QED) is 0.934. The molecular formula is C12H8Cl2N2O2S. The Morgan fingerprint density at radius 1 is 1.21 bits per heavy atom. The van der Waals surface area contributed by atoms with Crippen LogP contribution >= 0.6 is 35.0 Å². The zero-order valence-electron chi connectivity index (χ0n) is 9.51. The highest BCUT2D eigenvalue weighted by atomic mass is 35.5. The third-order valence-electron chi connectivity index (χ3n) is 2.19. The SMILES string of the molecule is O=C(O)Cc1ccc(Sc2cc(Cl)nnc2Cl)cc1. The molecular weight excluding hydrogens is 307 g/mol. The van der Waals surface area contributed by atoms with Gasteiger partial charge in [-0.15, -0.1) is 10.2 Å². The lowest BCUT2D eigenvalue weighted by atomic mass is 10.2. The summed E-state index contributed by atoms with van der Waals surface area (Å²) in [7, 11) is 0. The van der Waals surface area contributed by atoms with E-state index in [2.05, 4.69) is 10.2 Å². The molecule has 0 fully saturated rings. The van der Waals surface area contributed by atoms with E-state index in [4.69, 9.17) is 28.3 Å². The zero-order valence-corrected chi connectivity index (χ0v) is 11.8. The summed E-state index contributed by atoms with van der Waals surface area (Å²) in [4.78, 5) is 12.2. The third-order valence-corrected chi connectivity index (χ3v) is 3.81. The van der Waals surface area contributed by atoms with Crippen LogP contribution in [0.5, 0.6) is 0 Å². The average molecular weight is 315 g/mol. The van der Waals surface area contributed by atoms with Crippen molar-refractivity contribution in [3.8, 4) is 0 Å². The van der Waals surface area contributed by atoms with Crippen LogP contribution in [-0.4, -0.2) is 21.3 Å². The summed E-state index contributed by atoms with van der Waals surface area (Å²) in [5.41, 5.74) is 0.744. The number of hydrogen-bond acceptors (Lipinski definition) is 4. The van der Waals surface area contributed by atoms with Crippen molar-refractivity contribution in [2.24, 2.45) is 0 Å². The Morgan fingerprint density at radius 2 is 1.89 bits per heavy atom. The van der Waals surface area contributed by atoms with Crippen LogP contribution in [0, 0.1) is 0 Å². The van der Waals surface area contributed by atoms with E-state index < -0.39 is 5.97 Å². The van der Waals surface area contributed by atoms with Crippen LogP contribution in [0.25, 0.3) is 0 Å². The second kappa shape index (κ2) is 6.23. The van der Waals surface area contributed by atoms with Gasteiger partial charge in [-0.1, -0.05) is 47.1 Å². The topological polar surface area (TPSA) is 63.1 Å². The monoisotopic (exact) mass is 314 g/mol. The fraction of sp³-hybridized carbons (Fsp3) is 0.0833. The van der Waals surface area contributed by atoms with E-state index in [0.717, 1.165) is 10.5 Å². The predicted octanol–water partition coefficient (Wildman–Crippen LogP) is 3.56. The van der Waals surface area contributed by atoms with Gasteiger partial charge in [0.15, 0.2) is 10.3 Å². The molecule has 1 heterocycles. The highest BCUT2D eigenvalue weighted by Crippen LogP contribution is 2.33. The van der Waals surface area contributed by atoms with E-state index in [1.165, 1.54) is 11.8 Å². The summed E-state index contributed by atoms with van der Waals surface area (Å²) < 4.78 is 0. The lowest BCUT2D eigenvalue weighted by Crippen LogP contribution is -1.99. The normalized spacial score (nSPS) is 10.4. The second-order valence-corrected chi connectivity index (χ2v) is 5.50. The molecule has 2 rings (SSSR count). The summed E-state index contributed by atoms with van der Waals surface area (Å²) in [5, 5.41) is 16.6. The van der Waals surface area contributed by atoms with E-state index in [-0.39, 0.29) is 16.7 Å². The van der Waals surface area contributed by atoms with Gasteiger partial charge in [-0.25, -0.2) is 0 Å². The van der Waals surface area contributed by atoms with Gasteiger partial charge in [0.1, 0.15) is 0 Å². The van der Waals surface area contributed by atoms with Crippen molar-refractivity contribution < 1.29 is 9.90 Å². The molecule has 2 aromatic rings. The van der Waals surface area contributed by atoms with Gasteiger partial charge >= 0.3 is 5.97 Å². The maximum Gasteiger partial charge on any atom is 0.307 e. The van der Waals surface area contributed by atoms with Crippen molar-refractivity contribution in [3.05, 3.63) is 46.2 Å². The number of benzene rings is 1. The summed E-state index contributed by atoms with van der Waals surface area (Å²) >= 11 is 13.1. The number of rotatable bonds is 4. The van der Waals surface area contributed by atoms with Gasteiger partial charge in [-0.3, -0.25) is 4.79 Å². The number of carboxylic acid groups (broad SMARTS) is 1. The Balaban J connectivity index is 2.15. The number of hydrogen-bond donors (Lipinski definition) is 1. The molecule has 19 heavy (non-hydrogen) atoms. The molecule has 0 bridgehead atoms. The fourth-order valence-electron chi connectivity index (χ4n) is 1.39. The first-order chi connectivity index (χ1) is 9.04. The van der Waals surface area contributed by atoms with Crippen molar-refractivity contribution in [1.29, 1.82) is 0 Å². The molecule has 0 atom stereocenters. The molecule has 0 aliphatic heterocycles. The van der Waals surface area contributed by atoms with Gasteiger partial charge in [-0.2, -0.15) is 0 Å². The van der Waals surface area contributed by atoms with Crippen LogP contribution in [0.2, 0.25) is 10.3 Å². The second-order valence-electron chi connectivity index (χ2n) is 3.64. The summed E-state index contributed by atoms with van der Waals surface area (Å²) in [6, 6.07) is 8.81. The van der Waals surface area contributed by atoms with Crippen LogP contribution in [-0.2, 0) is 11.2 Å². The zero-order chi connectivity index (χ0) is 13.8. The number of halogens is 2. The third kappa shape index (κ3) is 4.09. The molecule has 0 saturated heterocycles. The molecule has 0 aliphatic carbocycles. The van der Waals surface area contributed by atoms with Crippen molar-refractivity contribution >= 4 is 40.9 Å². The Bertz CT molecular complexity index is 605. The molecule has 0 radical (unpaired) electrons. The van der Waals surface area contributed by atoms with E-state index in [9.17, 15) is 4.79 Å². The Kier molecular flexibility index (Phi) is 4.63. The molecule has 0 amide bonds. The molecule has 98 valence electrons. The fourth-order valence-corrected chi connectivity index (χ4v) is 2.63. The number of nitrogens with zero attached hydrogens (tertiary/aromatic N) is 2. The first kappa shape index (κ1) is 14.1. The van der Waals surface area contributed by atoms with Gasteiger partial charge in [-0.05, 0) is 23.8 Å². The summed E-state index contributed by atoms with van der Waals surface area (Å²) in [5.74, 6) is -0.853.